The number of amides is 1. The normalized spacial score (nSPS) is 14.6. The van der Waals surface area contributed by atoms with Gasteiger partial charge in [-0.2, -0.15) is 0 Å². The van der Waals surface area contributed by atoms with Crippen molar-refractivity contribution in [3.63, 3.8) is 0 Å². The lowest BCUT2D eigenvalue weighted by Gasteiger charge is -2.21. The number of benzene rings is 2. The molecule has 0 spiro atoms. The summed E-state index contributed by atoms with van der Waals surface area (Å²) in [6.45, 7) is 4.75. The first-order valence-corrected chi connectivity index (χ1v) is 11.7. The predicted octanol–water partition coefficient (Wildman–Crippen LogP) is 4.92. The maximum atomic E-state index is 13.0. The number of para-hydroxylation sites is 2. The summed E-state index contributed by atoms with van der Waals surface area (Å²) in [7, 11) is 0. The number of fused-ring (bicyclic) bond motifs is 1. The average molecular weight is 424 g/mol. The Labute approximate surface area is 182 Å². The van der Waals surface area contributed by atoms with E-state index in [1.165, 1.54) is 18.4 Å². The van der Waals surface area contributed by atoms with Gasteiger partial charge in [-0.3, -0.25) is 4.79 Å². The highest BCUT2D eigenvalue weighted by molar-refractivity contribution is 7.99. The van der Waals surface area contributed by atoms with Crippen molar-refractivity contribution in [3.05, 3.63) is 54.1 Å². The van der Waals surface area contributed by atoms with Crippen LogP contribution in [0.25, 0.3) is 11.0 Å². The van der Waals surface area contributed by atoms with Gasteiger partial charge >= 0.3 is 0 Å². The number of carbonyl (C=O) groups excluding carboxylic acids is 1. The van der Waals surface area contributed by atoms with Crippen molar-refractivity contribution < 1.29 is 9.53 Å². The van der Waals surface area contributed by atoms with Crippen LogP contribution in [0, 0.1) is 6.92 Å². The van der Waals surface area contributed by atoms with Gasteiger partial charge in [-0.25, -0.2) is 4.98 Å². The first-order chi connectivity index (χ1) is 14.7. The zero-order valence-electron chi connectivity index (χ0n) is 17.5. The molecular formula is C24H29N3O2S. The molecule has 0 atom stereocenters. The average Bonchev–Trinajstić information content (AvgIpc) is 2.92. The summed E-state index contributed by atoms with van der Waals surface area (Å²) in [6.07, 6.45) is 4.66. The lowest BCUT2D eigenvalue weighted by atomic mass is 10.2. The van der Waals surface area contributed by atoms with Crippen LogP contribution >= 0.6 is 11.8 Å². The largest absolute Gasteiger partial charge is 0.493 e. The molecule has 0 N–H and O–H groups in total. The molecule has 1 aliphatic rings. The third-order valence-corrected chi connectivity index (χ3v) is 6.39. The van der Waals surface area contributed by atoms with Crippen molar-refractivity contribution in [3.8, 4) is 5.75 Å². The van der Waals surface area contributed by atoms with Gasteiger partial charge in [0, 0.05) is 18.8 Å². The molecule has 1 aliphatic heterocycles. The van der Waals surface area contributed by atoms with E-state index in [9.17, 15) is 4.79 Å². The Morgan fingerprint density at radius 1 is 1.07 bits per heavy atom. The zero-order chi connectivity index (χ0) is 20.8. The van der Waals surface area contributed by atoms with Crippen molar-refractivity contribution in [2.75, 3.05) is 25.4 Å². The minimum Gasteiger partial charge on any atom is -0.493 e. The number of ether oxygens (including phenoxy) is 1. The second kappa shape index (κ2) is 10.0. The SMILES string of the molecule is Cc1cccc(OCCSc2nc3ccccc3n2CC(=O)N2CCCCCC2)c1. The molecule has 2 aromatic carbocycles. The first-order valence-electron chi connectivity index (χ1n) is 10.8. The molecule has 3 aromatic rings. The second-order valence-corrected chi connectivity index (χ2v) is 8.84. The van der Waals surface area contributed by atoms with Crippen molar-refractivity contribution in [1.29, 1.82) is 0 Å². The van der Waals surface area contributed by atoms with Crippen LogP contribution in [-0.2, 0) is 11.3 Å². The summed E-state index contributed by atoms with van der Waals surface area (Å²) in [5.41, 5.74) is 3.14. The Hall–Kier alpha value is -2.47. The summed E-state index contributed by atoms with van der Waals surface area (Å²) < 4.78 is 7.95. The highest BCUT2D eigenvalue weighted by Gasteiger charge is 2.19. The smallest absolute Gasteiger partial charge is 0.242 e. The van der Waals surface area contributed by atoms with Crippen molar-refractivity contribution in [1.82, 2.24) is 14.5 Å². The Balaban J connectivity index is 1.44. The van der Waals surface area contributed by atoms with Gasteiger partial charge in [-0.15, -0.1) is 0 Å². The molecular weight excluding hydrogens is 394 g/mol. The number of carbonyl (C=O) groups is 1. The molecule has 2 heterocycles. The lowest BCUT2D eigenvalue weighted by Crippen LogP contribution is -2.34. The van der Waals surface area contributed by atoms with Crippen LogP contribution in [0.5, 0.6) is 5.75 Å². The monoisotopic (exact) mass is 423 g/mol. The summed E-state index contributed by atoms with van der Waals surface area (Å²) in [5.74, 6) is 1.85. The van der Waals surface area contributed by atoms with Crippen molar-refractivity contribution in [2.24, 2.45) is 0 Å². The summed E-state index contributed by atoms with van der Waals surface area (Å²) in [4.78, 5) is 19.8. The van der Waals surface area contributed by atoms with Gasteiger partial charge in [-0.05, 0) is 49.6 Å². The Morgan fingerprint density at radius 2 is 1.87 bits per heavy atom. The number of aryl methyl sites for hydroxylation is 1. The van der Waals surface area contributed by atoms with E-state index in [0.717, 1.165) is 53.6 Å². The van der Waals surface area contributed by atoms with Crippen LogP contribution in [0.2, 0.25) is 0 Å². The number of thioether (sulfide) groups is 1. The summed E-state index contributed by atoms with van der Waals surface area (Å²) in [6, 6.07) is 16.1. The van der Waals surface area contributed by atoms with E-state index in [1.54, 1.807) is 11.8 Å². The molecule has 0 radical (unpaired) electrons. The molecule has 6 heteroatoms. The van der Waals surface area contributed by atoms with E-state index >= 15 is 0 Å². The van der Waals surface area contributed by atoms with Crippen molar-refractivity contribution >= 4 is 28.7 Å². The fraction of sp³-hybridized carbons (Fsp3) is 0.417. The molecule has 0 aliphatic carbocycles. The molecule has 5 nitrogen and oxygen atoms in total. The first kappa shape index (κ1) is 20.8. The maximum absolute atomic E-state index is 13.0. The predicted molar refractivity (Wildman–Crippen MR) is 122 cm³/mol. The number of aromatic nitrogens is 2. The van der Waals surface area contributed by atoms with Gasteiger partial charge in [-0.1, -0.05) is 48.9 Å². The zero-order valence-corrected chi connectivity index (χ0v) is 18.4. The minimum atomic E-state index is 0.193. The Bertz CT molecular complexity index is 993. The van der Waals surface area contributed by atoms with Crippen LogP contribution in [-0.4, -0.2) is 45.8 Å². The van der Waals surface area contributed by atoms with E-state index in [4.69, 9.17) is 9.72 Å². The molecule has 1 saturated heterocycles. The Morgan fingerprint density at radius 3 is 2.67 bits per heavy atom. The fourth-order valence-electron chi connectivity index (χ4n) is 3.87. The summed E-state index contributed by atoms with van der Waals surface area (Å²) >= 11 is 1.65. The third kappa shape index (κ3) is 5.17. The van der Waals surface area contributed by atoms with Gasteiger partial charge in [0.05, 0.1) is 17.6 Å². The minimum absolute atomic E-state index is 0.193. The van der Waals surface area contributed by atoms with Crippen LogP contribution in [0.3, 0.4) is 0 Å². The Kier molecular flexibility index (Phi) is 6.95. The molecule has 158 valence electrons. The van der Waals surface area contributed by atoms with Gasteiger partial charge in [0.1, 0.15) is 12.3 Å². The number of hydrogen-bond donors (Lipinski definition) is 0. The molecule has 0 saturated carbocycles. The van der Waals surface area contributed by atoms with Crippen LogP contribution < -0.4 is 4.74 Å². The third-order valence-electron chi connectivity index (χ3n) is 5.44. The quantitative estimate of drug-likeness (QED) is 0.400. The van der Waals surface area contributed by atoms with E-state index in [2.05, 4.69) is 17.6 Å². The van der Waals surface area contributed by atoms with Gasteiger partial charge in [0.2, 0.25) is 5.91 Å². The number of imidazole rings is 1. The molecule has 1 amide bonds. The highest BCUT2D eigenvalue weighted by atomic mass is 32.2. The second-order valence-electron chi connectivity index (χ2n) is 7.78. The number of nitrogens with zero attached hydrogens (tertiary/aromatic N) is 3. The number of rotatable bonds is 7. The molecule has 1 aromatic heterocycles. The standard InChI is InChI=1S/C24H29N3O2S/c1-19-9-8-10-20(17-19)29-15-16-30-24-25-21-11-4-5-12-22(21)27(24)18-23(28)26-13-6-2-3-7-14-26/h4-5,8-12,17H,2-3,6-7,13-16,18H2,1H3. The van der Waals surface area contributed by atoms with Crippen molar-refractivity contribution in [2.45, 2.75) is 44.3 Å². The molecule has 1 fully saturated rings. The van der Waals surface area contributed by atoms with E-state index < -0.39 is 0 Å². The van der Waals surface area contributed by atoms with E-state index in [0.29, 0.717) is 13.2 Å². The fourth-order valence-corrected chi connectivity index (χ4v) is 4.70. The molecule has 0 bridgehead atoms. The topological polar surface area (TPSA) is 47.4 Å². The molecule has 30 heavy (non-hydrogen) atoms. The van der Waals surface area contributed by atoms with Gasteiger partial charge < -0.3 is 14.2 Å². The highest BCUT2D eigenvalue weighted by Crippen LogP contribution is 2.25. The van der Waals surface area contributed by atoms with E-state index in [1.807, 2.05) is 47.4 Å². The number of likely N-dealkylation sites (tertiary alicyclic amines) is 1. The number of hydrogen-bond acceptors (Lipinski definition) is 4. The summed E-state index contributed by atoms with van der Waals surface area (Å²) in [5, 5.41) is 0.882. The molecule has 4 rings (SSSR count). The van der Waals surface area contributed by atoms with Gasteiger partial charge in [0.25, 0.3) is 0 Å². The maximum Gasteiger partial charge on any atom is 0.242 e. The van der Waals surface area contributed by atoms with Crippen LogP contribution in [0.4, 0.5) is 0 Å². The van der Waals surface area contributed by atoms with E-state index in [-0.39, 0.29) is 5.91 Å². The lowest BCUT2D eigenvalue weighted by molar-refractivity contribution is -0.131. The van der Waals surface area contributed by atoms with Gasteiger partial charge in [0.15, 0.2) is 5.16 Å². The molecule has 0 unspecified atom stereocenters. The van der Waals surface area contributed by atoms with Crippen LogP contribution in [0.15, 0.2) is 53.7 Å². The van der Waals surface area contributed by atoms with Crippen LogP contribution in [0.1, 0.15) is 31.2 Å².